The number of ether oxygens (including phenoxy) is 1. The van der Waals surface area contributed by atoms with Crippen molar-refractivity contribution in [2.24, 2.45) is 0 Å². The second-order valence-corrected chi connectivity index (χ2v) is 6.70. The second kappa shape index (κ2) is 6.37. The van der Waals surface area contributed by atoms with Crippen LogP contribution < -0.4 is 4.72 Å². The number of rotatable bonds is 5. The van der Waals surface area contributed by atoms with Crippen molar-refractivity contribution >= 4 is 15.9 Å². The molecule has 1 fully saturated rings. The molecule has 0 aromatic heterocycles. The van der Waals surface area contributed by atoms with Crippen LogP contribution >= 0.6 is 0 Å². The van der Waals surface area contributed by atoms with Gasteiger partial charge in [-0.15, -0.1) is 0 Å². The Labute approximate surface area is 119 Å². The van der Waals surface area contributed by atoms with Gasteiger partial charge in [0, 0.05) is 13.0 Å². The molecule has 0 unspecified atom stereocenters. The van der Waals surface area contributed by atoms with E-state index in [1.54, 1.807) is 12.1 Å². The van der Waals surface area contributed by atoms with E-state index < -0.39 is 15.9 Å². The average molecular weight is 297 g/mol. The van der Waals surface area contributed by atoms with E-state index in [1.807, 2.05) is 6.92 Å². The summed E-state index contributed by atoms with van der Waals surface area (Å²) in [6.07, 6.45) is 2.76. The van der Waals surface area contributed by atoms with Gasteiger partial charge in [-0.2, -0.15) is 0 Å². The van der Waals surface area contributed by atoms with Crippen LogP contribution in [0, 0.1) is 6.92 Å². The van der Waals surface area contributed by atoms with E-state index in [4.69, 9.17) is 4.74 Å². The zero-order chi connectivity index (χ0) is 14.6. The summed E-state index contributed by atoms with van der Waals surface area (Å²) in [5.41, 5.74) is 0.966. The maximum absolute atomic E-state index is 12.0. The minimum atomic E-state index is -3.76. The SMILES string of the molecule is Cc1ccc(S(=O)(=O)NC(=O)CC[C@@H]2CCCO2)cc1. The standard InChI is InChI=1S/C14H19NO4S/c1-11-4-7-13(8-5-11)20(17,18)15-14(16)9-6-12-3-2-10-19-12/h4-5,7-8,12H,2-3,6,9-10H2,1H3,(H,15,16)/t12-/m0/s1. The highest BCUT2D eigenvalue weighted by Gasteiger charge is 2.20. The van der Waals surface area contributed by atoms with Gasteiger partial charge in [0.25, 0.3) is 10.0 Å². The van der Waals surface area contributed by atoms with E-state index in [-0.39, 0.29) is 17.4 Å². The maximum atomic E-state index is 12.0. The molecule has 1 aliphatic rings. The Bertz CT molecular complexity index is 559. The summed E-state index contributed by atoms with van der Waals surface area (Å²) in [5, 5.41) is 0. The number of aryl methyl sites for hydroxylation is 1. The van der Waals surface area contributed by atoms with Crippen LogP contribution in [0.4, 0.5) is 0 Å². The Morgan fingerprint density at radius 1 is 1.35 bits per heavy atom. The molecule has 1 aromatic rings. The summed E-state index contributed by atoms with van der Waals surface area (Å²) in [6, 6.07) is 6.38. The second-order valence-electron chi connectivity index (χ2n) is 5.02. The van der Waals surface area contributed by atoms with Gasteiger partial charge >= 0.3 is 0 Å². The number of nitrogens with one attached hydrogen (secondary N) is 1. The van der Waals surface area contributed by atoms with Crippen LogP contribution in [-0.2, 0) is 19.6 Å². The van der Waals surface area contributed by atoms with E-state index in [9.17, 15) is 13.2 Å². The van der Waals surface area contributed by atoms with E-state index in [1.165, 1.54) is 12.1 Å². The number of carbonyl (C=O) groups excluding carboxylic acids is 1. The highest BCUT2D eigenvalue weighted by atomic mass is 32.2. The fourth-order valence-electron chi connectivity index (χ4n) is 2.14. The molecule has 5 nitrogen and oxygen atoms in total. The van der Waals surface area contributed by atoms with Crippen molar-refractivity contribution in [3.63, 3.8) is 0 Å². The molecule has 1 heterocycles. The fourth-order valence-corrected chi connectivity index (χ4v) is 3.16. The molecule has 0 saturated carbocycles. The summed E-state index contributed by atoms with van der Waals surface area (Å²) in [6.45, 7) is 2.60. The number of sulfonamides is 1. The van der Waals surface area contributed by atoms with Crippen molar-refractivity contribution in [1.29, 1.82) is 0 Å². The van der Waals surface area contributed by atoms with Gasteiger partial charge in [-0.3, -0.25) is 4.79 Å². The molecule has 6 heteroatoms. The first-order chi connectivity index (χ1) is 9.47. The largest absolute Gasteiger partial charge is 0.378 e. The van der Waals surface area contributed by atoms with Crippen molar-refractivity contribution in [3.05, 3.63) is 29.8 Å². The lowest BCUT2D eigenvalue weighted by molar-refractivity contribution is -0.119. The molecule has 1 atom stereocenters. The van der Waals surface area contributed by atoms with E-state index >= 15 is 0 Å². The molecular weight excluding hydrogens is 278 g/mol. The van der Waals surface area contributed by atoms with Gasteiger partial charge in [0.05, 0.1) is 11.0 Å². The van der Waals surface area contributed by atoms with Crippen LogP contribution in [0.15, 0.2) is 29.2 Å². The first-order valence-electron chi connectivity index (χ1n) is 6.71. The molecule has 20 heavy (non-hydrogen) atoms. The highest BCUT2D eigenvalue weighted by molar-refractivity contribution is 7.90. The van der Waals surface area contributed by atoms with Gasteiger partial charge in [0.15, 0.2) is 0 Å². The predicted molar refractivity (Wildman–Crippen MR) is 74.7 cm³/mol. The fraction of sp³-hybridized carbons (Fsp3) is 0.500. The third-order valence-corrected chi connectivity index (χ3v) is 4.69. The lowest BCUT2D eigenvalue weighted by atomic mass is 10.1. The zero-order valence-electron chi connectivity index (χ0n) is 11.5. The van der Waals surface area contributed by atoms with Crippen molar-refractivity contribution < 1.29 is 17.9 Å². The smallest absolute Gasteiger partial charge is 0.264 e. The van der Waals surface area contributed by atoms with Crippen LogP contribution in [0.25, 0.3) is 0 Å². The molecule has 1 saturated heterocycles. The van der Waals surface area contributed by atoms with Crippen LogP contribution in [0.5, 0.6) is 0 Å². The minimum Gasteiger partial charge on any atom is -0.378 e. The lowest BCUT2D eigenvalue weighted by Crippen LogP contribution is -2.31. The summed E-state index contributed by atoms with van der Waals surface area (Å²) in [5.74, 6) is -0.485. The third kappa shape index (κ3) is 4.05. The maximum Gasteiger partial charge on any atom is 0.264 e. The minimum absolute atomic E-state index is 0.0860. The van der Waals surface area contributed by atoms with Gasteiger partial charge < -0.3 is 4.74 Å². The molecular formula is C14H19NO4S. The summed E-state index contributed by atoms with van der Waals surface area (Å²) >= 11 is 0. The van der Waals surface area contributed by atoms with Crippen molar-refractivity contribution in [3.8, 4) is 0 Å². The molecule has 0 spiro atoms. The first-order valence-corrected chi connectivity index (χ1v) is 8.19. The van der Waals surface area contributed by atoms with Crippen molar-refractivity contribution in [2.45, 2.75) is 43.6 Å². The lowest BCUT2D eigenvalue weighted by Gasteiger charge is -2.10. The summed E-state index contributed by atoms with van der Waals surface area (Å²) in [7, 11) is -3.76. The van der Waals surface area contributed by atoms with Crippen LogP contribution in [0.1, 0.15) is 31.2 Å². The van der Waals surface area contributed by atoms with E-state index in [2.05, 4.69) is 4.72 Å². The summed E-state index contributed by atoms with van der Waals surface area (Å²) in [4.78, 5) is 11.8. The Balaban J connectivity index is 1.90. The summed E-state index contributed by atoms with van der Waals surface area (Å²) < 4.78 is 31.5. The molecule has 2 rings (SSSR count). The number of amides is 1. The van der Waals surface area contributed by atoms with Crippen LogP contribution in [0.3, 0.4) is 0 Å². The molecule has 0 bridgehead atoms. The normalized spacial score (nSPS) is 18.9. The monoisotopic (exact) mass is 297 g/mol. The van der Waals surface area contributed by atoms with Gasteiger partial charge in [-0.25, -0.2) is 13.1 Å². The third-order valence-electron chi connectivity index (χ3n) is 3.30. The van der Waals surface area contributed by atoms with Gasteiger partial charge in [0.1, 0.15) is 0 Å². The Hall–Kier alpha value is -1.40. The molecule has 0 radical (unpaired) electrons. The topological polar surface area (TPSA) is 72.5 Å². The Morgan fingerprint density at radius 3 is 2.65 bits per heavy atom. The van der Waals surface area contributed by atoms with E-state index in [0.717, 1.165) is 25.0 Å². The molecule has 1 aromatic carbocycles. The molecule has 1 aliphatic heterocycles. The first kappa shape index (κ1) is 15.0. The zero-order valence-corrected chi connectivity index (χ0v) is 12.3. The highest BCUT2D eigenvalue weighted by Crippen LogP contribution is 2.17. The number of benzene rings is 1. The number of hydrogen-bond acceptors (Lipinski definition) is 4. The van der Waals surface area contributed by atoms with E-state index in [0.29, 0.717) is 6.42 Å². The molecule has 1 amide bonds. The predicted octanol–water partition coefficient (Wildman–Crippen LogP) is 1.76. The molecule has 0 aliphatic carbocycles. The van der Waals surface area contributed by atoms with Gasteiger partial charge in [0.2, 0.25) is 5.91 Å². The quantitative estimate of drug-likeness (QED) is 0.899. The Morgan fingerprint density at radius 2 is 2.05 bits per heavy atom. The molecule has 110 valence electrons. The Kier molecular flexibility index (Phi) is 4.77. The van der Waals surface area contributed by atoms with Crippen LogP contribution in [-0.4, -0.2) is 27.0 Å². The van der Waals surface area contributed by atoms with Crippen LogP contribution in [0.2, 0.25) is 0 Å². The number of hydrogen-bond donors (Lipinski definition) is 1. The van der Waals surface area contributed by atoms with Crippen molar-refractivity contribution in [2.75, 3.05) is 6.61 Å². The molecule has 1 N–H and O–H groups in total. The average Bonchev–Trinajstić information content (AvgIpc) is 2.89. The van der Waals surface area contributed by atoms with Gasteiger partial charge in [-0.05, 0) is 38.3 Å². The van der Waals surface area contributed by atoms with Crippen molar-refractivity contribution in [1.82, 2.24) is 4.72 Å². The number of carbonyl (C=O) groups is 1. The van der Waals surface area contributed by atoms with Gasteiger partial charge in [-0.1, -0.05) is 17.7 Å².